The average molecular weight is 294 g/mol. The van der Waals surface area contributed by atoms with Crippen molar-refractivity contribution >= 4 is 22.5 Å². The van der Waals surface area contributed by atoms with Crippen molar-refractivity contribution in [2.45, 2.75) is 13.3 Å². The number of fused-ring (bicyclic) bond motifs is 1. The Labute approximate surface area is 129 Å². The third kappa shape index (κ3) is 2.96. The van der Waals surface area contributed by atoms with Crippen LogP contribution >= 0.6 is 0 Å². The monoisotopic (exact) mass is 294 g/mol. The van der Waals surface area contributed by atoms with Crippen LogP contribution in [0.15, 0.2) is 48.7 Å². The number of aryl methyl sites for hydroxylation is 1. The van der Waals surface area contributed by atoms with Crippen LogP contribution in [0.5, 0.6) is 5.75 Å². The molecule has 0 fully saturated rings. The molecular formula is C18H18N2O2. The smallest absolute Gasteiger partial charge is 0.228 e. The van der Waals surface area contributed by atoms with Crippen molar-refractivity contribution in [3.05, 3.63) is 59.8 Å². The summed E-state index contributed by atoms with van der Waals surface area (Å²) < 4.78 is 5.25. The summed E-state index contributed by atoms with van der Waals surface area (Å²) in [6.07, 6.45) is 2.20. The summed E-state index contributed by atoms with van der Waals surface area (Å²) in [6, 6.07) is 13.6. The highest BCUT2D eigenvalue weighted by atomic mass is 16.5. The second kappa shape index (κ2) is 5.93. The fraction of sp³-hybridized carbons (Fsp3) is 0.167. The van der Waals surface area contributed by atoms with Gasteiger partial charge in [-0.2, -0.15) is 0 Å². The number of anilines is 1. The van der Waals surface area contributed by atoms with E-state index in [1.54, 1.807) is 7.11 Å². The lowest BCUT2D eigenvalue weighted by Gasteiger charge is -2.06. The van der Waals surface area contributed by atoms with E-state index in [0.717, 1.165) is 33.5 Å². The molecule has 0 saturated heterocycles. The third-order valence-electron chi connectivity index (χ3n) is 3.63. The lowest BCUT2D eigenvalue weighted by molar-refractivity contribution is -0.115. The molecule has 3 rings (SSSR count). The first-order chi connectivity index (χ1) is 10.7. The number of amides is 1. The van der Waals surface area contributed by atoms with Gasteiger partial charge in [0.05, 0.1) is 13.5 Å². The highest BCUT2D eigenvalue weighted by molar-refractivity contribution is 5.96. The fourth-order valence-electron chi connectivity index (χ4n) is 2.53. The Bertz CT molecular complexity index is 821. The van der Waals surface area contributed by atoms with Gasteiger partial charge in [0.1, 0.15) is 5.75 Å². The summed E-state index contributed by atoms with van der Waals surface area (Å²) in [5.41, 5.74) is 3.90. The number of carbonyl (C=O) groups excluding carboxylic acids is 1. The topological polar surface area (TPSA) is 54.1 Å². The van der Waals surface area contributed by atoms with E-state index in [4.69, 9.17) is 4.74 Å². The molecule has 0 aliphatic carbocycles. The Morgan fingerprint density at radius 2 is 2.09 bits per heavy atom. The van der Waals surface area contributed by atoms with Gasteiger partial charge >= 0.3 is 0 Å². The van der Waals surface area contributed by atoms with E-state index in [0.29, 0.717) is 6.42 Å². The van der Waals surface area contributed by atoms with Crippen molar-refractivity contribution in [1.29, 1.82) is 0 Å². The molecule has 0 aliphatic heterocycles. The molecule has 2 aromatic carbocycles. The standard InChI is InChI=1S/C18H18N2O2/c1-12-4-3-5-14(8-12)20-18(21)9-13-11-19-17-7-6-15(22-2)10-16(13)17/h3-8,10-11,19H,9H2,1-2H3,(H,20,21). The van der Waals surface area contributed by atoms with Gasteiger partial charge in [0, 0.05) is 22.8 Å². The van der Waals surface area contributed by atoms with Crippen LogP contribution in [-0.4, -0.2) is 18.0 Å². The van der Waals surface area contributed by atoms with E-state index in [9.17, 15) is 4.79 Å². The summed E-state index contributed by atoms with van der Waals surface area (Å²) >= 11 is 0. The summed E-state index contributed by atoms with van der Waals surface area (Å²) in [7, 11) is 1.64. The lowest BCUT2D eigenvalue weighted by Crippen LogP contribution is -2.14. The van der Waals surface area contributed by atoms with Crippen LogP contribution in [0.25, 0.3) is 10.9 Å². The van der Waals surface area contributed by atoms with Crippen LogP contribution in [0.3, 0.4) is 0 Å². The Kier molecular flexibility index (Phi) is 3.83. The van der Waals surface area contributed by atoms with Gasteiger partial charge in [-0.15, -0.1) is 0 Å². The molecule has 0 saturated carbocycles. The molecule has 0 unspecified atom stereocenters. The molecule has 0 atom stereocenters. The zero-order valence-corrected chi connectivity index (χ0v) is 12.6. The van der Waals surface area contributed by atoms with E-state index in [1.807, 2.05) is 55.6 Å². The number of carbonyl (C=O) groups is 1. The zero-order chi connectivity index (χ0) is 15.5. The normalized spacial score (nSPS) is 10.6. The van der Waals surface area contributed by atoms with Crippen molar-refractivity contribution in [2.24, 2.45) is 0 Å². The average Bonchev–Trinajstić information content (AvgIpc) is 2.89. The maximum Gasteiger partial charge on any atom is 0.228 e. The van der Waals surface area contributed by atoms with Crippen molar-refractivity contribution in [3.63, 3.8) is 0 Å². The number of benzene rings is 2. The first kappa shape index (κ1) is 14.2. The molecule has 1 amide bonds. The fourth-order valence-corrected chi connectivity index (χ4v) is 2.53. The largest absolute Gasteiger partial charge is 0.497 e. The summed E-state index contributed by atoms with van der Waals surface area (Å²) in [5, 5.41) is 3.94. The van der Waals surface area contributed by atoms with Crippen molar-refractivity contribution in [1.82, 2.24) is 4.98 Å². The van der Waals surface area contributed by atoms with Crippen LogP contribution in [-0.2, 0) is 11.2 Å². The van der Waals surface area contributed by atoms with Crippen LogP contribution in [0.4, 0.5) is 5.69 Å². The summed E-state index contributed by atoms with van der Waals surface area (Å²) in [5.74, 6) is 0.752. The minimum absolute atomic E-state index is 0.0330. The van der Waals surface area contributed by atoms with E-state index in [2.05, 4.69) is 10.3 Å². The summed E-state index contributed by atoms with van der Waals surface area (Å²) in [4.78, 5) is 15.4. The molecule has 0 radical (unpaired) electrons. The Hall–Kier alpha value is -2.75. The first-order valence-corrected chi connectivity index (χ1v) is 7.16. The predicted molar refractivity (Wildman–Crippen MR) is 88.4 cm³/mol. The molecule has 0 aliphatic rings. The Morgan fingerprint density at radius 3 is 2.86 bits per heavy atom. The van der Waals surface area contributed by atoms with E-state index in [1.165, 1.54) is 0 Å². The second-order valence-electron chi connectivity index (χ2n) is 5.32. The maximum atomic E-state index is 12.2. The van der Waals surface area contributed by atoms with Gasteiger partial charge in [-0.25, -0.2) is 0 Å². The highest BCUT2D eigenvalue weighted by Gasteiger charge is 2.10. The van der Waals surface area contributed by atoms with E-state index >= 15 is 0 Å². The van der Waals surface area contributed by atoms with Crippen LogP contribution in [0, 0.1) is 6.92 Å². The number of methoxy groups -OCH3 is 1. The quantitative estimate of drug-likeness (QED) is 0.771. The first-order valence-electron chi connectivity index (χ1n) is 7.16. The molecule has 0 bridgehead atoms. The number of nitrogens with one attached hydrogen (secondary N) is 2. The van der Waals surface area contributed by atoms with Crippen LogP contribution in [0.1, 0.15) is 11.1 Å². The molecule has 2 N–H and O–H groups in total. The van der Waals surface area contributed by atoms with Gasteiger partial charge in [-0.3, -0.25) is 4.79 Å². The second-order valence-corrected chi connectivity index (χ2v) is 5.32. The van der Waals surface area contributed by atoms with Gasteiger partial charge in [-0.05, 0) is 48.4 Å². The minimum Gasteiger partial charge on any atom is -0.497 e. The number of aromatic amines is 1. The molecule has 1 heterocycles. The minimum atomic E-state index is -0.0330. The van der Waals surface area contributed by atoms with E-state index < -0.39 is 0 Å². The van der Waals surface area contributed by atoms with Crippen LogP contribution < -0.4 is 10.1 Å². The number of hydrogen-bond donors (Lipinski definition) is 2. The Morgan fingerprint density at radius 1 is 1.23 bits per heavy atom. The van der Waals surface area contributed by atoms with Crippen LogP contribution in [0.2, 0.25) is 0 Å². The third-order valence-corrected chi connectivity index (χ3v) is 3.63. The van der Waals surface area contributed by atoms with Gasteiger partial charge in [0.15, 0.2) is 0 Å². The number of rotatable bonds is 4. The molecule has 112 valence electrons. The molecule has 4 nitrogen and oxygen atoms in total. The number of ether oxygens (including phenoxy) is 1. The summed E-state index contributed by atoms with van der Waals surface area (Å²) in [6.45, 7) is 2.00. The van der Waals surface area contributed by atoms with Gasteiger partial charge in [0.25, 0.3) is 0 Å². The molecule has 0 spiro atoms. The molecule has 4 heteroatoms. The van der Waals surface area contributed by atoms with E-state index in [-0.39, 0.29) is 5.91 Å². The Balaban J connectivity index is 1.79. The van der Waals surface area contributed by atoms with Crippen molar-refractivity contribution in [2.75, 3.05) is 12.4 Å². The van der Waals surface area contributed by atoms with Crippen molar-refractivity contribution < 1.29 is 9.53 Å². The SMILES string of the molecule is COc1ccc2[nH]cc(CC(=O)Nc3cccc(C)c3)c2c1. The molecule has 22 heavy (non-hydrogen) atoms. The van der Waals surface area contributed by atoms with Gasteiger partial charge < -0.3 is 15.0 Å². The molecular weight excluding hydrogens is 276 g/mol. The van der Waals surface area contributed by atoms with Gasteiger partial charge in [0.2, 0.25) is 5.91 Å². The molecule has 1 aromatic heterocycles. The predicted octanol–water partition coefficient (Wildman–Crippen LogP) is 3.67. The number of hydrogen-bond acceptors (Lipinski definition) is 2. The maximum absolute atomic E-state index is 12.2. The number of H-pyrrole nitrogens is 1. The number of aromatic nitrogens is 1. The van der Waals surface area contributed by atoms with Gasteiger partial charge in [-0.1, -0.05) is 12.1 Å². The van der Waals surface area contributed by atoms with Crippen molar-refractivity contribution in [3.8, 4) is 5.75 Å². The molecule has 3 aromatic rings. The zero-order valence-electron chi connectivity index (χ0n) is 12.6. The lowest BCUT2D eigenvalue weighted by atomic mass is 10.1. The highest BCUT2D eigenvalue weighted by Crippen LogP contribution is 2.24.